The van der Waals surface area contributed by atoms with E-state index in [1.807, 2.05) is 27.2 Å². The normalized spacial score (nSPS) is 21.4. The summed E-state index contributed by atoms with van der Waals surface area (Å²) in [6.07, 6.45) is 2.75. The van der Waals surface area contributed by atoms with Crippen LogP contribution in [0.25, 0.3) is 0 Å². The van der Waals surface area contributed by atoms with Crippen LogP contribution in [0.1, 0.15) is 40.2 Å². The van der Waals surface area contributed by atoms with Crippen molar-refractivity contribution < 1.29 is 9.53 Å². The third kappa shape index (κ3) is 6.48. The van der Waals surface area contributed by atoms with Crippen LogP contribution in [0.2, 0.25) is 0 Å². The van der Waals surface area contributed by atoms with Gasteiger partial charge in [-0.2, -0.15) is 10.2 Å². The number of likely N-dealkylation sites (N-methyl/N-ethyl adjacent to an activating group) is 2. The van der Waals surface area contributed by atoms with E-state index in [0.717, 1.165) is 18.8 Å². The van der Waals surface area contributed by atoms with E-state index in [2.05, 4.69) is 78.0 Å². The number of methoxy groups -OCH3 is 1. The van der Waals surface area contributed by atoms with Gasteiger partial charge in [-0.1, -0.05) is 41.2 Å². The standard InChI is InChI=1S/C30H44N8O2/c1-11-26(39)33-22-14-23(25(40-10)15-24(22)38(9)13-12-37(7)8)34-29-32-17-21(16-31)28(36-29)35-27-18(2)19(3)30(5,6)20(27)4/h11,14-15,17-20,27H,1,12-13H2,2-10H3,(H,33,39)(H2,32,34,35,36). The maximum absolute atomic E-state index is 12.3. The smallest absolute Gasteiger partial charge is 0.247 e. The Morgan fingerprint density at radius 1 is 1.18 bits per heavy atom. The zero-order valence-electron chi connectivity index (χ0n) is 25.3. The lowest BCUT2D eigenvalue weighted by molar-refractivity contribution is -0.111. The first-order chi connectivity index (χ1) is 18.8. The molecule has 4 atom stereocenters. The van der Waals surface area contributed by atoms with Crippen LogP contribution in [-0.4, -0.2) is 68.2 Å². The van der Waals surface area contributed by atoms with Crippen molar-refractivity contribution in [2.75, 3.05) is 62.2 Å². The SMILES string of the molecule is C=CC(=O)Nc1cc(Nc2ncc(C#N)c(NC3C(C)C(C)C(C)(C)C3C)n2)c(OC)cc1N(C)CCN(C)C. The van der Waals surface area contributed by atoms with Crippen molar-refractivity contribution in [1.82, 2.24) is 14.9 Å². The van der Waals surface area contributed by atoms with Gasteiger partial charge in [-0.3, -0.25) is 4.79 Å². The number of nitriles is 1. The van der Waals surface area contributed by atoms with Gasteiger partial charge in [-0.15, -0.1) is 0 Å². The van der Waals surface area contributed by atoms with Gasteiger partial charge in [0.05, 0.1) is 30.4 Å². The Morgan fingerprint density at radius 2 is 1.88 bits per heavy atom. The average molecular weight is 549 g/mol. The van der Waals surface area contributed by atoms with Gasteiger partial charge in [0, 0.05) is 32.2 Å². The summed E-state index contributed by atoms with van der Waals surface area (Å²) in [7, 11) is 7.57. The number of aromatic nitrogens is 2. The number of nitrogens with zero attached hydrogens (tertiary/aromatic N) is 5. The van der Waals surface area contributed by atoms with Gasteiger partial charge < -0.3 is 30.5 Å². The fourth-order valence-electron chi connectivity index (χ4n) is 5.40. The van der Waals surface area contributed by atoms with Gasteiger partial charge in [0.2, 0.25) is 11.9 Å². The second-order valence-electron chi connectivity index (χ2n) is 11.6. The Kier molecular flexibility index (Phi) is 9.64. The van der Waals surface area contributed by atoms with E-state index in [1.54, 1.807) is 13.2 Å². The van der Waals surface area contributed by atoms with Crippen LogP contribution in [0.15, 0.2) is 31.0 Å². The van der Waals surface area contributed by atoms with Gasteiger partial charge in [0.25, 0.3) is 0 Å². The van der Waals surface area contributed by atoms with Crippen LogP contribution in [-0.2, 0) is 4.79 Å². The summed E-state index contributed by atoms with van der Waals surface area (Å²) in [5, 5.41) is 19.5. The Bertz CT molecular complexity index is 1270. The predicted octanol–water partition coefficient (Wildman–Crippen LogP) is 4.95. The zero-order valence-corrected chi connectivity index (χ0v) is 25.3. The van der Waals surface area contributed by atoms with Gasteiger partial charge in [0.15, 0.2) is 0 Å². The van der Waals surface area contributed by atoms with E-state index in [9.17, 15) is 10.1 Å². The molecule has 2 aromatic rings. The third-order valence-electron chi connectivity index (χ3n) is 8.75. The summed E-state index contributed by atoms with van der Waals surface area (Å²) < 4.78 is 5.71. The summed E-state index contributed by atoms with van der Waals surface area (Å²) in [5.74, 6) is 2.32. The molecule has 216 valence electrons. The number of benzene rings is 1. The third-order valence-corrected chi connectivity index (χ3v) is 8.75. The second kappa shape index (κ2) is 12.6. The predicted molar refractivity (Wildman–Crippen MR) is 162 cm³/mol. The number of hydrogen-bond donors (Lipinski definition) is 3. The maximum atomic E-state index is 12.3. The number of carbonyl (C=O) groups excluding carboxylic acids is 1. The molecule has 1 saturated carbocycles. The first kappa shape index (κ1) is 30.7. The van der Waals surface area contributed by atoms with Gasteiger partial charge in [-0.05, 0) is 49.4 Å². The highest BCUT2D eigenvalue weighted by molar-refractivity contribution is 6.02. The number of nitrogens with one attached hydrogen (secondary N) is 3. The van der Waals surface area contributed by atoms with E-state index in [-0.39, 0.29) is 17.4 Å². The van der Waals surface area contributed by atoms with Crippen molar-refractivity contribution >= 4 is 34.7 Å². The van der Waals surface area contributed by atoms with Crippen LogP contribution in [0, 0.1) is 34.5 Å². The minimum Gasteiger partial charge on any atom is -0.494 e. The Balaban J connectivity index is 1.98. The molecule has 10 heteroatoms. The topological polar surface area (TPSA) is 118 Å². The number of amides is 1. The molecule has 1 aromatic heterocycles. The molecule has 0 aliphatic heterocycles. The molecular formula is C30H44N8O2. The Labute approximate surface area is 238 Å². The van der Waals surface area contributed by atoms with E-state index in [4.69, 9.17) is 9.72 Å². The number of hydrogen-bond acceptors (Lipinski definition) is 9. The Hall–Kier alpha value is -3.84. The molecule has 4 unspecified atom stereocenters. The highest BCUT2D eigenvalue weighted by Crippen LogP contribution is 2.51. The first-order valence-electron chi connectivity index (χ1n) is 13.7. The summed E-state index contributed by atoms with van der Waals surface area (Å²) in [5.41, 5.74) is 2.49. The van der Waals surface area contributed by atoms with Crippen molar-refractivity contribution in [3.05, 3.63) is 36.5 Å². The lowest BCUT2D eigenvalue weighted by atomic mass is 9.76. The van der Waals surface area contributed by atoms with Crippen molar-refractivity contribution in [2.45, 2.75) is 40.7 Å². The molecular weight excluding hydrogens is 504 g/mol. The van der Waals surface area contributed by atoms with Crippen LogP contribution in [0.3, 0.4) is 0 Å². The second-order valence-corrected chi connectivity index (χ2v) is 11.6. The minimum atomic E-state index is -0.323. The molecule has 3 N–H and O–H groups in total. The summed E-state index contributed by atoms with van der Waals surface area (Å²) in [4.78, 5) is 25.5. The molecule has 40 heavy (non-hydrogen) atoms. The largest absolute Gasteiger partial charge is 0.494 e. The quantitative estimate of drug-likeness (QED) is 0.335. The molecule has 0 spiro atoms. The molecule has 1 aliphatic carbocycles. The molecule has 1 heterocycles. The fraction of sp³-hybridized carbons (Fsp3) is 0.533. The molecule has 1 aliphatic rings. The van der Waals surface area contributed by atoms with Crippen LogP contribution >= 0.6 is 0 Å². The van der Waals surface area contributed by atoms with Crippen molar-refractivity contribution in [1.29, 1.82) is 5.26 Å². The zero-order chi connectivity index (χ0) is 29.8. The summed E-state index contributed by atoms with van der Waals surface area (Å²) in [6, 6.07) is 6.03. The molecule has 0 radical (unpaired) electrons. The maximum Gasteiger partial charge on any atom is 0.247 e. The van der Waals surface area contributed by atoms with Crippen LogP contribution in [0.4, 0.5) is 28.8 Å². The first-order valence-corrected chi connectivity index (χ1v) is 13.7. The monoisotopic (exact) mass is 548 g/mol. The number of carbonyl (C=O) groups is 1. The van der Waals surface area contributed by atoms with E-state index in [0.29, 0.717) is 52.2 Å². The van der Waals surface area contributed by atoms with E-state index < -0.39 is 0 Å². The van der Waals surface area contributed by atoms with Gasteiger partial charge >= 0.3 is 0 Å². The summed E-state index contributed by atoms with van der Waals surface area (Å²) in [6.45, 7) is 16.5. The molecule has 1 amide bonds. The Morgan fingerprint density at radius 3 is 2.42 bits per heavy atom. The lowest BCUT2D eigenvalue weighted by Gasteiger charge is -2.30. The average Bonchev–Trinajstić information content (AvgIpc) is 3.06. The number of anilines is 5. The van der Waals surface area contributed by atoms with Crippen molar-refractivity contribution in [3.8, 4) is 11.8 Å². The van der Waals surface area contributed by atoms with Crippen LogP contribution in [0.5, 0.6) is 5.75 Å². The summed E-state index contributed by atoms with van der Waals surface area (Å²) >= 11 is 0. The van der Waals surface area contributed by atoms with Crippen LogP contribution < -0.4 is 25.6 Å². The molecule has 10 nitrogen and oxygen atoms in total. The molecule has 0 bridgehead atoms. The van der Waals surface area contributed by atoms with Gasteiger partial charge in [-0.25, -0.2) is 4.98 Å². The van der Waals surface area contributed by atoms with E-state index in [1.165, 1.54) is 12.3 Å². The van der Waals surface area contributed by atoms with Crippen molar-refractivity contribution in [2.24, 2.45) is 23.2 Å². The van der Waals surface area contributed by atoms with Crippen molar-refractivity contribution in [3.63, 3.8) is 0 Å². The number of ether oxygens (including phenoxy) is 1. The fourth-order valence-corrected chi connectivity index (χ4v) is 5.40. The molecule has 1 fully saturated rings. The molecule has 1 aromatic carbocycles. The molecule has 0 saturated heterocycles. The number of rotatable bonds is 11. The van der Waals surface area contributed by atoms with Gasteiger partial charge in [0.1, 0.15) is 23.2 Å². The van der Waals surface area contributed by atoms with E-state index >= 15 is 0 Å². The highest BCUT2D eigenvalue weighted by atomic mass is 16.5. The lowest BCUT2D eigenvalue weighted by Crippen LogP contribution is -2.31. The highest BCUT2D eigenvalue weighted by Gasteiger charge is 2.49. The molecule has 3 rings (SSSR count). The minimum absolute atomic E-state index is 0.152.